The molecule has 1 fully saturated rings. The Kier molecular flexibility index (Phi) is 5.52. The Bertz CT molecular complexity index is 701. The molecule has 1 atom stereocenters. The minimum Gasteiger partial charge on any atom is -0.472 e. The van der Waals surface area contributed by atoms with E-state index in [-0.39, 0.29) is 17.7 Å². The summed E-state index contributed by atoms with van der Waals surface area (Å²) in [6.07, 6.45) is 4.47. The summed E-state index contributed by atoms with van der Waals surface area (Å²) in [5, 5.41) is 11.3. The molecule has 24 heavy (non-hydrogen) atoms. The molecule has 7 nitrogen and oxygen atoms in total. The molecule has 128 valence electrons. The first-order valence-electron chi connectivity index (χ1n) is 7.76. The largest absolute Gasteiger partial charge is 0.472 e. The highest BCUT2D eigenvalue weighted by atomic mass is 32.2. The van der Waals surface area contributed by atoms with Crippen molar-refractivity contribution >= 4 is 40.0 Å². The first kappa shape index (κ1) is 17.0. The van der Waals surface area contributed by atoms with Crippen LogP contribution in [-0.2, 0) is 4.79 Å². The maximum atomic E-state index is 12.5. The minimum absolute atomic E-state index is 0.0983. The highest BCUT2D eigenvalue weighted by molar-refractivity contribution is 8.01. The monoisotopic (exact) mass is 366 g/mol. The molecule has 1 unspecified atom stereocenters. The molecule has 9 heteroatoms. The van der Waals surface area contributed by atoms with Gasteiger partial charge in [-0.25, -0.2) is 0 Å². The third-order valence-corrected chi connectivity index (χ3v) is 5.61. The Labute approximate surface area is 147 Å². The summed E-state index contributed by atoms with van der Waals surface area (Å²) in [6, 6.07) is 1.64. The summed E-state index contributed by atoms with van der Waals surface area (Å²) in [7, 11) is 0. The van der Waals surface area contributed by atoms with Gasteiger partial charge in [0.1, 0.15) is 6.26 Å². The van der Waals surface area contributed by atoms with Crippen molar-refractivity contribution in [3.8, 4) is 0 Å². The van der Waals surface area contributed by atoms with Crippen LogP contribution in [-0.4, -0.2) is 45.8 Å². The SMILES string of the molecule is CCSc1nnc(NC(=O)C2CCCN(C(=O)c3ccoc3)C2)s1. The van der Waals surface area contributed by atoms with Crippen LogP contribution in [0.2, 0.25) is 0 Å². The van der Waals surface area contributed by atoms with Gasteiger partial charge in [0, 0.05) is 13.1 Å². The summed E-state index contributed by atoms with van der Waals surface area (Å²) in [5.74, 6) is 0.472. The maximum Gasteiger partial charge on any atom is 0.257 e. The number of nitrogens with zero attached hydrogens (tertiary/aromatic N) is 3. The van der Waals surface area contributed by atoms with Crippen LogP contribution in [0.5, 0.6) is 0 Å². The molecule has 0 radical (unpaired) electrons. The normalized spacial score (nSPS) is 17.7. The number of aromatic nitrogens is 2. The summed E-state index contributed by atoms with van der Waals surface area (Å²) < 4.78 is 5.80. The van der Waals surface area contributed by atoms with Crippen molar-refractivity contribution in [2.75, 3.05) is 24.2 Å². The number of rotatable bonds is 5. The molecule has 1 saturated heterocycles. The summed E-state index contributed by atoms with van der Waals surface area (Å²) in [6.45, 7) is 3.10. The Morgan fingerprint density at radius 2 is 2.38 bits per heavy atom. The molecule has 2 aromatic rings. The predicted molar refractivity (Wildman–Crippen MR) is 92.3 cm³/mol. The van der Waals surface area contributed by atoms with Gasteiger partial charge in [-0.15, -0.1) is 10.2 Å². The van der Waals surface area contributed by atoms with Crippen molar-refractivity contribution in [1.29, 1.82) is 0 Å². The van der Waals surface area contributed by atoms with Gasteiger partial charge < -0.3 is 14.6 Å². The first-order valence-corrected chi connectivity index (χ1v) is 9.56. The average molecular weight is 366 g/mol. The molecule has 2 amide bonds. The average Bonchev–Trinajstić information content (AvgIpc) is 3.27. The zero-order valence-corrected chi connectivity index (χ0v) is 14.9. The van der Waals surface area contributed by atoms with Crippen LogP contribution in [0.1, 0.15) is 30.1 Å². The van der Waals surface area contributed by atoms with Gasteiger partial charge in [-0.05, 0) is 24.7 Å². The predicted octanol–water partition coefficient (Wildman–Crippen LogP) is 2.73. The van der Waals surface area contributed by atoms with Gasteiger partial charge in [0.05, 0.1) is 17.7 Å². The number of carbonyl (C=O) groups excluding carboxylic acids is 2. The zero-order valence-electron chi connectivity index (χ0n) is 13.2. The lowest BCUT2D eigenvalue weighted by Crippen LogP contribution is -2.43. The molecule has 0 saturated carbocycles. The molecule has 0 aliphatic carbocycles. The molecule has 1 aliphatic heterocycles. The smallest absolute Gasteiger partial charge is 0.257 e. The van der Waals surface area contributed by atoms with E-state index < -0.39 is 0 Å². The second-order valence-electron chi connectivity index (χ2n) is 5.40. The molecular weight excluding hydrogens is 348 g/mol. The molecule has 1 N–H and O–H groups in total. The number of carbonyl (C=O) groups is 2. The van der Waals surface area contributed by atoms with Crippen molar-refractivity contribution < 1.29 is 14.0 Å². The standard InChI is InChI=1S/C15H18N4O3S2/c1-2-23-15-18-17-14(24-15)16-12(20)10-4-3-6-19(8-10)13(21)11-5-7-22-9-11/h5,7,9-10H,2-4,6,8H2,1H3,(H,16,17,20). The summed E-state index contributed by atoms with van der Waals surface area (Å²) in [5.41, 5.74) is 0.515. The van der Waals surface area contributed by atoms with Gasteiger partial charge in [0.2, 0.25) is 11.0 Å². The van der Waals surface area contributed by atoms with Crippen LogP contribution < -0.4 is 5.32 Å². The second-order valence-corrected chi connectivity index (χ2v) is 7.89. The van der Waals surface area contributed by atoms with E-state index in [4.69, 9.17) is 4.42 Å². The van der Waals surface area contributed by atoms with Crippen LogP contribution in [0.3, 0.4) is 0 Å². The van der Waals surface area contributed by atoms with Gasteiger partial charge in [-0.1, -0.05) is 30.0 Å². The fourth-order valence-electron chi connectivity index (χ4n) is 2.59. The molecule has 1 aliphatic rings. The topological polar surface area (TPSA) is 88.3 Å². The van der Waals surface area contributed by atoms with Gasteiger partial charge in [-0.2, -0.15) is 0 Å². The van der Waals surface area contributed by atoms with Gasteiger partial charge in [0.15, 0.2) is 4.34 Å². The van der Waals surface area contributed by atoms with E-state index >= 15 is 0 Å². The summed E-state index contributed by atoms with van der Waals surface area (Å²) in [4.78, 5) is 26.5. The molecule has 0 spiro atoms. The van der Waals surface area contributed by atoms with Crippen molar-refractivity contribution in [1.82, 2.24) is 15.1 Å². The number of thioether (sulfide) groups is 1. The number of nitrogens with one attached hydrogen (secondary N) is 1. The Morgan fingerprint density at radius 3 is 3.12 bits per heavy atom. The van der Waals surface area contributed by atoms with E-state index in [1.54, 1.807) is 22.7 Å². The van der Waals surface area contributed by atoms with Crippen LogP contribution in [0, 0.1) is 5.92 Å². The van der Waals surface area contributed by atoms with E-state index in [9.17, 15) is 9.59 Å². The lowest BCUT2D eigenvalue weighted by molar-refractivity contribution is -0.121. The van der Waals surface area contributed by atoms with Crippen molar-refractivity contribution in [2.45, 2.75) is 24.1 Å². The van der Waals surface area contributed by atoms with Gasteiger partial charge in [-0.3, -0.25) is 9.59 Å². The van der Waals surface area contributed by atoms with Crippen molar-refractivity contribution in [2.24, 2.45) is 5.92 Å². The van der Waals surface area contributed by atoms with E-state index in [0.29, 0.717) is 23.8 Å². The summed E-state index contributed by atoms with van der Waals surface area (Å²) >= 11 is 2.96. The lowest BCUT2D eigenvalue weighted by atomic mass is 9.97. The van der Waals surface area contributed by atoms with Crippen molar-refractivity contribution in [3.63, 3.8) is 0 Å². The lowest BCUT2D eigenvalue weighted by Gasteiger charge is -2.31. The number of amides is 2. The molecule has 3 heterocycles. The van der Waals surface area contributed by atoms with Gasteiger partial charge in [0.25, 0.3) is 5.91 Å². The minimum atomic E-state index is -0.235. The van der Waals surface area contributed by atoms with Crippen molar-refractivity contribution in [3.05, 3.63) is 24.2 Å². The van der Waals surface area contributed by atoms with Gasteiger partial charge >= 0.3 is 0 Å². The fourth-order valence-corrected chi connectivity index (χ4v) is 4.25. The van der Waals surface area contributed by atoms with E-state index in [1.807, 2.05) is 6.92 Å². The number of likely N-dealkylation sites (tertiary alicyclic amines) is 1. The molecule has 2 aromatic heterocycles. The van der Waals surface area contributed by atoms with E-state index in [2.05, 4.69) is 15.5 Å². The quantitative estimate of drug-likeness (QED) is 0.647. The number of furan rings is 1. The Balaban J connectivity index is 1.59. The molecule has 0 bridgehead atoms. The van der Waals surface area contributed by atoms with E-state index in [1.165, 1.54) is 23.9 Å². The highest BCUT2D eigenvalue weighted by Crippen LogP contribution is 2.26. The van der Waals surface area contributed by atoms with E-state index in [0.717, 1.165) is 22.9 Å². The second kappa shape index (κ2) is 7.80. The number of piperidine rings is 1. The Morgan fingerprint density at radius 1 is 1.50 bits per heavy atom. The maximum absolute atomic E-state index is 12.5. The third kappa shape index (κ3) is 3.96. The first-order chi connectivity index (χ1) is 11.7. The number of anilines is 1. The third-order valence-electron chi connectivity index (χ3n) is 3.75. The van der Waals surface area contributed by atoms with Crippen LogP contribution in [0.15, 0.2) is 27.3 Å². The molecular formula is C15H18N4O3S2. The molecule has 0 aromatic carbocycles. The molecule has 3 rings (SSSR count). The number of hydrogen-bond acceptors (Lipinski definition) is 7. The van der Waals surface area contributed by atoms with Crippen LogP contribution in [0.4, 0.5) is 5.13 Å². The fraction of sp³-hybridized carbons (Fsp3) is 0.467. The van der Waals surface area contributed by atoms with Crippen LogP contribution >= 0.6 is 23.1 Å². The highest BCUT2D eigenvalue weighted by Gasteiger charge is 2.29. The Hall–Kier alpha value is -1.87. The zero-order chi connectivity index (χ0) is 16.9. The number of hydrogen-bond donors (Lipinski definition) is 1. The van der Waals surface area contributed by atoms with Crippen LogP contribution in [0.25, 0.3) is 0 Å².